The molecule has 1 fully saturated rings. The summed E-state index contributed by atoms with van der Waals surface area (Å²) in [6.07, 6.45) is 3.40. The quantitative estimate of drug-likeness (QED) is 0.798. The number of nitrogens with one attached hydrogen (secondary N) is 2. The van der Waals surface area contributed by atoms with Crippen LogP contribution in [0.5, 0.6) is 0 Å². The Morgan fingerprint density at radius 1 is 1.14 bits per heavy atom. The lowest BCUT2D eigenvalue weighted by molar-refractivity contribution is -0.138. The van der Waals surface area contributed by atoms with Gasteiger partial charge in [-0.15, -0.1) is 0 Å². The molecule has 0 atom stereocenters. The van der Waals surface area contributed by atoms with Crippen molar-refractivity contribution < 1.29 is 19.1 Å². The second-order valence-electron chi connectivity index (χ2n) is 5.42. The van der Waals surface area contributed by atoms with Crippen LogP contribution < -0.4 is 10.6 Å². The second-order valence-corrected chi connectivity index (χ2v) is 5.42. The van der Waals surface area contributed by atoms with Crippen LogP contribution in [-0.4, -0.2) is 23.1 Å². The summed E-state index contributed by atoms with van der Waals surface area (Å²) in [7, 11) is 0. The zero-order valence-electron chi connectivity index (χ0n) is 11.6. The number of benzene rings is 1. The van der Waals surface area contributed by atoms with Crippen molar-refractivity contribution in [3.05, 3.63) is 30.1 Å². The predicted molar refractivity (Wildman–Crippen MR) is 76.6 cm³/mol. The third-order valence-electron chi connectivity index (χ3n) is 3.75. The number of halogens is 1. The molecule has 1 aromatic rings. The molecule has 0 aliphatic heterocycles. The molecule has 3 N–H and O–H groups in total. The molecule has 5 nitrogen and oxygen atoms in total. The van der Waals surface area contributed by atoms with E-state index in [1.165, 1.54) is 24.3 Å². The average Bonchev–Trinajstić information content (AvgIpc) is 2.43. The van der Waals surface area contributed by atoms with E-state index in [2.05, 4.69) is 10.6 Å². The average molecular weight is 294 g/mol. The second kappa shape index (κ2) is 7.06. The summed E-state index contributed by atoms with van der Waals surface area (Å²) in [5, 5.41) is 14.3. The number of carbonyl (C=O) groups excluding carboxylic acids is 1. The van der Waals surface area contributed by atoms with E-state index in [1.54, 1.807) is 0 Å². The minimum Gasteiger partial charge on any atom is -0.481 e. The van der Waals surface area contributed by atoms with E-state index in [1.807, 2.05) is 0 Å². The Balaban J connectivity index is 1.74. The number of carboxylic acid groups (broad SMARTS) is 1. The first-order valence-corrected chi connectivity index (χ1v) is 7.08. The predicted octanol–water partition coefficient (Wildman–Crippen LogP) is 2.98. The van der Waals surface area contributed by atoms with E-state index < -0.39 is 5.97 Å². The first-order valence-electron chi connectivity index (χ1n) is 7.08. The smallest absolute Gasteiger partial charge is 0.319 e. The van der Waals surface area contributed by atoms with E-state index >= 15 is 0 Å². The van der Waals surface area contributed by atoms with E-state index in [-0.39, 0.29) is 30.2 Å². The van der Waals surface area contributed by atoms with E-state index in [0.717, 1.165) is 25.7 Å². The highest BCUT2D eigenvalue weighted by Crippen LogP contribution is 2.26. The van der Waals surface area contributed by atoms with Gasteiger partial charge in [0.2, 0.25) is 0 Å². The van der Waals surface area contributed by atoms with Crippen molar-refractivity contribution in [3.63, 3.8) is 0 Å². The minimum absolute atomic E-state index is 0.0653. The summed E-state index contributed by atoms with van der Waals surface area (Å²) in [5.74, 6) is -0.904. The Labute approximate surface area is 122 Å². The largest absolute Gasteiger partial charge is 0.481 e. The fourth-order valence-electron chi connectivity index (χ4n) is 2.64. The van der Waals surface area contributed by atoms with Crippen molar-refractivity contribution in [1.82, 2.24) is 5.32 Å². The highest BCUT2D eigenvalue weighted by atomic mass is 19.1. The SMILES string of the molecule is O=C(O)CC1CCC(NC(=O)Nc2ccc(F)cc2)CC1. The molecule has 0 saturated heterocycles. The molecule has 1 aliphatic carbocycles. The van der Waals surface area contributed by atoms with Crippen LogP contribution in [0.15, 0.2) is 24.3 Å². The molecule has 1 aliphatic rings. The van der Waals surface area contributed by atoms with Crippen molar-refractivity contribution >= 4 is 17.7 Å². The number of aliphatic carboxylic acids is 1. The molecule has 0 heterocycles. The third kappa shape index (κ3) is 5.06. The molecule has 0 spiro atoms. The lowest BCUT2D eigenvalue weighted by Gasteiger charge is -2.28. The number of carbonyl (C=O) groups is 2. The monoisotopic (exact) mass is 294 g/mol. The zero-order chi connectivity index (χ0) is 15.2. The highest BCUT2D eigenvalue weighted by Gasteiger charge is 2.23. The molecule has 2 rings (SSSR count). The van der Waals surface area contributed by atoms with Crippen LogP contribution in [0.25, 0.3) is 0 Å². The van der Waals surface area contributed by atoms with Gasteiger partial charge in [0.1, 0.15) is 5.82 Å². The summed E-state index contributed by atoms with van der Waals surface area (Å²) in [5.41, 5.74) is 0.536. The van der Waals surface area contributed by atoms with E-state index in [9.17, 15) is 14.0 Å². The topological polar surface area (TPSA) is 78.4 Å². The van der Waals surface area contributed by atoms with Gasteiger partial charge in [-0.2, -0.15) is 0 Å². The van der Waals surface area contributed by atoms with Gasteiger partial charge in [-0.05, 0) is 55.9 Å². The van der Waals surface area contributed by atoms with Gasteiger partial charge in [-0.3, -0.25) is 4.79 Å². The Hall–Kier alpha value is -2.11. The van der Waals surface area contributed by atoms with Crippen molar-refractivity contribution in [3.8, 4) is 0 Å². The number of rotatable bonds is 4. The summed E-state index contributed by atoms with van der Waals surface area (Å²) in [6.45, 7) is 0. The molecule has 6 heteroatoms. The van der Waals surface area contributed by atoms with Gasteiger partial charge >= 0.3 is 12.0 Å². The maximum atomic E-state index is 12.8. The third-order valence-corrected chi connectivity index (χ3v) is 3.75. The standard InChI is InChI=1S/C15H19FN2O3/c16-11-3-7-13(8-4-11)18-15(21)17-12-5-1-10(2-6-12)9-14(19)20/h3-4,7-8,10,12H,1-2,5-6,9H2,(H,19,20)(H2,17,18,21). The van der Waals surface area contributed by atoms with Crippen LogP contribution in [0.2, 0.25) is 0 Å². The summed E-state index contributed by atoms with van der Waals surface area (Å²) < 4.78 is 12.8. The fourth-order valence-corrected chi connectivity index (χ4v) is 2.64. The van der Waals surface area contributed by atoms with Crippen molar-refractivity contribution in [1.29, 1.82) is 0 Å². The number of hydrogen-bond acceptors (Lipinski definition) is 2. The number of carboxylic acids is 1. The fraction of sp³-hybridized carbons (Fsp3) is 0.467. The van der Waals surface area contributed by atoms with E-state index in [0.29, 0.717) is 5.69 Å². The van der Waals surface area contributed by atoms with E-state index in [4.69, 9.17) is 5.11 Å². The Bertz CT molecular complexity index is 496. The molecule has 114 valence electrons. The van der Waals surface area contributed by atoms with Crippen molar-refractivity contribution in [2.45, 2.75) is 38.1 Å². The highest BCUT2D eigenvalue weighted by molar-refractivity contribution is 5.89. The summed E-state index contributed by atoms with van der Waals surface area (Å²) >= 11 is 0. The van der Waals surface area contributed by atoms with Crippen LogP contribution in [0.3, 0.4) is 0 Å². The molecule has 21 heavy (non-hydrogen) atoms. The number of anilines is 1. The molecular formula is C15H19FN2O3. The number of urea groups is 1. The number of amides is 2. The van der Waals surface area contributed by atoms with Crippen LogP contribution in [0.4, 0.5) is 14.9 Å². The maximum Gasteiger partial charge on any atom is 0.319 e. The molecule has 0 bridgehead atoms. The van der Waals surface area contributed by atoms with Gasteiger partial charge < -0.3 is 15.7 Å². The Morgan fingerprint density at radius 3 is 2.33 bits per heavy atom. The molecule has 1 aromatic carbocycles. The van der Waals surface area contributed by atoms with Gasteiger partial charge in [0.15, 0.2) is 0 Å². The summed E-state index contributed by atoms with van der Waals surface area (Å²) in [4.78, 5) is 22.5. The van der Waals surface area contributed by atoms with Gasteiger partial charge in [0.25, 0.3) is 0 Å². The lowest BCUT2D eigenvalue weighted by atomic mass is 9.84. The minimum atomic E-state index is -0.763. The van der Waals surface area contributed by atoms with Gasteiger partial charge in [-0.1, -0.05) is 0 Å². The van der Waals surface area contributed by atoms with Crippen LogP contribution in [0.1, 0.15) is 32.1 Å². The number of hydrogen-bond donors (Lipinski definition) is 3. The van der Waals surface area contributed by atoms with Crippen molar-refractivity contribution in [2.75, 3.05) is 5.32 Å². The normalized spacial score (nSPS) is 21.6. The van der Waals surface area contributed by atoms with Crippen LogP contribution >= 0.6 is 0 Å². The molecule has 2 amide bonds. The Morgan fingerprint density at radius 2 is 1.76 bits per heavy atom. The lowest BCUT2D eigenvalue weighted by Crippen LogP contribution is -2.40. The van der Waals surface area contributed by atoms with Gasteiger partial charge in [0, 0.05) is 18.2 Å². The molecule has 0 aromatic heterocycles. The Kier molecular flexibility index (Phi) is 5.14. The molecule has 1 saturated carbocycles. The first-order chi connectivity index (χ1) is 10.0. The first kappa shape index (κ1) is 15.3. The molecule has 0 unspecified atom stereocenters. The van der Waals surface area contributed by atoms with Gasteiger partial charge in [-0.25, -0.2) is 9.18 Å². The summed E-state index contributed by atoms with van der Waals surface area (Å²) in [6, 6.07) is 5.32. The van der Waals surface area contributed by atoms with Gasteiger partial charge in [0.05, 0.1) is 0 Å². The van der Waals surface area contributed by atoms with Crippen LogP contribution in [0, 0.1) is 11.7 Å². The molecular weight excluding hydrogens is 275 g/mol. The zero-order valence-corrected chi connectivity index (χ0v) is 11.6. The van der Waals surface area contributed by atoms with Crippen molar-refractivity contribution in [2.24, 2.45) is 5.92 Å². The molecule has 0 radical (unpaired) electrons. The maximum absolute atomic E-state index is 12.8. The van der Waals surface area contributed by atoms with Crippen LogP contribution in [-0.2, 0) is 4.79 Å².